The van der Waals surface area contributed by atoms with Crippen LogP contribution in [0.25, 0.3) is 22.0 Å². The fourth-order valence-corrected chi connectivity index (χ4v) is 4.87. The molecule has 33 heavy (non-hydrogen) atoms. The molecular formula is C27H21BrFN3O. The fourth-order valence-electron chi connectivity index (χ4n) is 4.51. The number of amides is 1. The number of hydrogen-bond acceptors (Lipinski definition) is 3. The van der Waals surface area contributed by atoms with Crippen LogP contribution in [-0.4, -0.2) is 21.6 Å². The van der Waals surface area contributed by atoms with Gasteiger partial charge in [0, 0.05) is 40.0 Å². The van der Waals surface area contributed by atoms with Gasteiger partial charge in [0.15, 0.2) is 0 Å². The molecule has 5 rings (SSSR count). The van der Waals surface area contributed by atoms with E-state index in [1.807, 2.05) is 37.3 Å². The van der Waals surface area contributed by atoms with Gasteiger partial charge in [-0.3, -0.25) is 9.78 Å². The second-order valence-electron chi connectivity index (χ2n) is 8.16. The van der Waals surface area contributed by atoms with Gasteiger partial charge in [-0.25, -0.2) is 9.40 Å². The topological polar surface area (TPSA) is 45.6 Å². The van der Waals surface area contributed by atoms with E-state index in [-0.39, 0.29) is 17.8 Å². The van der Waals surface area contributed by atoms with E-state index in [1.165, 1.54) is 24.1 Å². The van der Waals surface area contributed by atoms with Gasteiger partial charge in [0.05, 0.1) is 17.3 Å². The molecule has 164 valence electrons. The van der Waals surface area contributed by atoms with Crippen LogP contribution in [0.15, 0.2) is 82.4 Å². The molecule has 0 saturated heterocycles. The second kappa shape index (κ2) is 8.52. The molecule has 6 heteroatoms. The lowest BCUT2D eigenvalue weighted by atomic mass is 9.89. The van der Waals surface area contributed by atoms with Crippen molar-refractivity contribution >= 4 is 38.5 Å². The van der Waals surface area contributed by atoms with Gasteiger partial charge in [-0.05, 0) is 48.4 Å². The SMILES string of the molecule is CC(=O)N1N=C(c2c(C)nc3ccc(Br)cc3c2-c2ccccc2)C[C@@H]1c1ccc(F)cc1. The van der Waals surface area contributed by atoms with E-state index >= 15 is 0 Å². The number of fused-ring (bicyclic) bond motifs is 1. The Hall–Kier alpha value is -3.38. The number of nitrogens with zero attached hydrogens (tertiary/aromatic N) is 3. The van der Waals surface area contributed by atoms with Gasteiger partial charge < -0.3 is 0 Å². The van der Waals surface area contributed by atoms with Gasteiger partial charge in [0.2, 0.25) is 5.91 Å². The Balaban J connectivity index is 1.73. The summed E-state index contributed by atoms with van der Waals surface area (Å²) in [6, 6.07) is 22.2. The molecule has 4 aromatic rings. The Morgan fingerprint density at radius 1 is 1.03 bits per heavy atom. The van der Waals surface area contributed by atoms with Crippen molar-refractivity contribution in [3.63, 3.8) is 0 Å². The van der Waals surface area contributed by atoms with Crippen molar-refractivity contribution in [1.82, 2.24) is 9.99 Å². The summed E-state index contributed by atoms with van der Waals surface area (Å²) in [4.78, 5) is 17.4. The minimum absolute atomic E-state index is 0.158. The number of aryl methyl sites for hydroxylation is 1. The predicted octanol–water partition coefficient (Wildman–Crippen LogP) is 6.81. The first-order valence-corrected chi connectivity index (χ1v) is 11.5. The normalized spacial score (nSPS) is 15.7. The lowest BCUT2D eigenvalue weighted by Crippen LogP contribution is -2.24. The van der Waals surface area contributed by atoms with Crippen LogP contribution in [0, 0.1) is 12.7 Å². The number of benzene rings is 3. The van der Waals surface area contributed by atoms with Crippen molar-refractivity contribution in [3.8, 4) is 11.1 Å². The summed E-state index contributed by atoms with van der Waals surface area (Å²) < 4.78 is 14.5. The molecule has 0 bridgehead atoms. The van der Waals surface area contributed by atoms with Gasteiger partial charge in [-0.2, -0.15) is 5.10 Å². The summed E-state index contributed by atoms with van der Waals surface area (Å²) >= 11 is 3.60. The molecule has 1 atom stereocenters. The maximum Gasteiger partial charge on any atom is 0.240 e. The Bertz CT molecular complexity index is 1400. The summed E-state index contributed by atoms with van der Waals surface area (Å²) in [5.74, 6) is -0.464. The number of rotatable bonds is 3. The average molecular weight is 502 g/mol. The van der Waals surface area contributed by atoms with Gasteiger partial charge >= 0.3 is 0 Å². The zero-order valence-corrected chi connectivity index (χ0v) is 19.8. The summed E-state index contributed by atoms with van der Waals surface area (Å²) in [5.41, 5.74) is 6.43. The minimum atomic E-state index is -0.307. The zero-order valence-electron chi connectivity index (χ0n) is 18.2. The van der Waals surface area contributed by atoms with Crippen LogP contribution in [0.4, 0.5) is 4.39 Å². The molecular weight excluding hydrogens is 481 g/mol. The van der Waals surface area contributed by atoms with Crippen LogP contribution in [-0.2, 0) is 4.79 Å². The molecule has 0 N–H and O–H groups in total. The van der Waals surface area contributed by atoms with E-state index in [4.69, 9.17) is 10.1 Å². The number of halogens is 2. The number of aromatic nitrogens is 1. The average Bonchev–Trinajstić information content (AvgIpc) is 3.25. The highest BCUT2D eigenvalue weighted by Gasteiger charge is 2.33. The van der Waals surface area contributed by atoms with E-state index in [0.29, 0.717) is 6.42 Å². The third kappa shape index (κ3) is 3.95. The fraction of sp³-hybridized carbons (Fsp3) is 0.148. The van der Waals surface area contributed by atoms with Crippen LogP contribution in [0.2, 0.25) is 0 Å². The molecule has 1 amide bonds. The van der Waals surface area contributed by atoms with Gasteiger partial charge in [0.1, 0.15) is 5.82 Å². The number of pyridine rings is 1. The number of hydrogen-bond donors (Lipinski definition) is 0. The first-order valence-electron chi connectivity index (χ1n) is 10.7. The lowest BCUT2D eigenvalue weighted by molar-refractivity contribution is -0.130. The van der Waals surface area contributed by atoms with Gasteiger partial charge in [-0.15, -0.1) is 0 Å². The third-order valence-corrected chi connectivity index (χ3v) is 6.46. The van der Waals surface area contributed by atoms with Crippen molar-refractivity contribution in [2.75, 3.05) is 0 Å². The maximum atomic E-state index is 13.5. The van der Waals surface area contributed by atoms with Gasteiger partial charge in [-0.1, -0.05) is 58.4 Å². The maximum absolute atomic E-state index is 13.5. The van der Waals surface area contributed by atoms with E-state index < -0.39 is 0 Å². The highest BCUT2D eigenvalue weighted by Crippen LogP contribution is 2.39. The Kier molecular flexibility index (Phi) is 5.54. The molecule has 0 aliphatic carbocycles. The Morgan fingerprint density at radius 2 is 1.76 bits per heavy atom. The molecule has 0 unspecified atom stereocenters. The highest BCUT2D eigenvalue weighted by molar-refractivity contribution is 9.10. The molecule has 2 heterocycles. The van der Waals surface area contributed by atoms with Crippen LogP contribution >= 0.6 is 15.9 Å². The van der Waals surface area contributed by atoms with Crippen molar-refractivity contribution in [3.05, 3.63) is 99.9 Å². The number of hydrazone groups is 1. The summed E-state index contributed by atoms with van der Waals surface area (Å²) in [7, 11) is 0. The van der Waals surface area contributed by atoms with Crippen LogP contribution in [0.3, 0.4) is 0 Å². The van der Waals surface area contributed by atoms with Crippen molar-refractivity contribution in [2.45, 2.75) is 26.3 Å². The van der Waals surface area contributed by atoms with Crippen LogP contribution in [0.1, 0.15) is 36.2 Å². The quantitative estimate of drug-likeness (QED) is 0.309. The number of carbonyl (C=O) groups is 1. The molecule has 0 fully saturated rings. The lowest BCUT2D eigenvalue weighted by Gasteiger charge is -2.20. The van der Waals surface area contributed by atoms with Crippen molar-refractivity contribution in [1.29, 1.82) is 0 Å². The molecule has 0 saturated carbocycles. The Labute approximate surface area is 199 Å². The second-order valence-corrected chi connectivity index (χ2v) is 9.07. The highest BCUT2D eigenvalue weighted by atomic mass is 79.9. The molecule has 4 nitrogen and oxygen atoms in total. The van der Waals surface area contributed by atoms with E-state index in [1.54, 1.807) is 12.1 Å². The van der Waals surface area contributed by atoms with Crippen LogP contribution < -0.4 is 0 Å². The summed E-state index contributed by atoms with van der Waals surface area (Å²) in [6.07, 6.45) is 0.521. The minimum Gasteiger partial charge on any atom is -0.273 e. The van der Waals surface area contributed by atoms with Crippen LogP contribution in [0.5, 0.6) is 0 Å². The smallest absolute Gasteiger partial charge is 0.240 e. The van der Waals surface area contributed by atoms with E-state index in [0.717, 1.165) is 49.0 Å². The van der Waals surface area contributed by atoms with E-state index in [2.05, 4.69) is 34.1 Å². The standard InChI is InChI=1S/C27H21BrFN3O/c1-16-26(24-15-25(32(31-24)17(2)33)18-8-11-21(29)12-9-18)27(19-6-4-3-5-7-19)22-14-20(28)10-13-23(22)30-16/h3-14,25H,15H2,1-2H3/t25-/m1/s1. The predicted molar refractivity (Wildman–Crippen MR) is 132 cm³/mol. The largest absolute Gasteiger partial charge is 0.273 e. The summed E-state index contributed by atoms with van der Waals surface area (Å²) in [6.45, 7) is 3.48. The number of carbonyl (C=O) groups excluding carboxylic acids is 1. The molecule has 1 aromatic heterocycles. The van der Waals surface area contributed by atoms with Crippen molar-refractivity contribution in [2.24, 2.45) is 5.10 Å². The first-order chi connectivity index (χ1) is 15.9. The monoisotopic (exact) mass is 501 g/mol. The van der Waals surface area contributed by atoms with E-state index in [9.17, 15) is 9.18 Å². The molecule has 1 aliphatic heterocycles. The molecule has 0 spiro atoms. The molecule has 3 aromatic carbocycles. The third-order valence-electron chi connectivity index (χ3n) is 5.97. The first kappa shape index (κ1) is 21.5. The molecule has 0 radical (unpaired) electrons. The zero-order chi connectivity index (χ0) is 23.1. The molecule has 1 aliphatic rings. The van der Waals surface area contributed by atoms with Crippen molar-refractivity contribution < 1.29 is 9.18 Å². The summed E-state index contributed by atoms with van der Waals surface area (Å²) in [5, 5.41) is 7.28. The Morgan fingerprint density at radius 3 is 2.45 bits per heavy atom. The van der Waals surface area contributed by atoms with Gasteiger partial charge in [0.25, 0.3) is 0 Å².